The highest BCUT2D eigenvalue weighted by Gasteiger charge is 2.09. The fraction of sp³-hybridized carbons (Fsp3) is 0.105. The number of amides is 1. The molecule has 5 nitrogen and oxygen atoms in total. The molecule has 0 unspecified atom stereocenters. The third-order valence-corrected chi connectivity index (χ3v) is 3.91. The van der Waals surface area contributed by atoms with Crippen molar-refractivity contribution in [1.82, 2.24) is 9.97 Å². The van der Waals surface area contributed by atoms with Crippen molar-refractivity contribution in [3.8, 4) is 0 Å². The number of halogens is 1. The Labute approximate surface area is 151 Å². The van der Waals surface area contributed by atoms with Gasteiger partial charge in [-0.1, -0.05) is 36.7 Å². The number of aromatic nitrogens is 2. The normalized spacial score (nSPS) is 10.3. The summed E-state index contributed by atoms with van der Waals surface area (Å²) in [6.07, 6.45) is 3.83. The van der Waals surface area contributed by atoms with Crippen LogP contribution in [0, 0.1) is 0 Å². The molecule has 0 saturated carbocycles. The average molecular weight is 353 g/mol. The molecule has 1 amide bonds. The summed E-state index contributed by atoms with van der Waals surface area (Å²) in [4.78, 5) is 20.7. The van der Waals surface area contributed by atoms with Gasteiger partial charge < -0.3 is 10.6 Å². The molecule has 0 aliphatic carbocycles. The lowest BCUT2D eigenvalue weighted by atomic mass is 10.1. The van der Waals surface area contributed by atoms with Crippen LogP contribution < -0.4 is 10.6 Å². The quantitative estimate of drug-likeness (QED) is 0.699. The van der Waals surface area contributed by atoms with Gasteiger partial charge in [0, 0.05) is 28.8 Å². The van der Waals surface area contributed by atoms with E-state index < -0.39 is 0 Å². The second-order valence-corrected chi connectivity index (χ2v) is 5.83. The van der Waals surface area contributed by atoms with Crippen LogP contribution >= 0.6 is 11.6 Å². The lowest BCUT2D eigenvalue weighted by Gasteiger charge is -2.10. The number of rotatable bonds is 5. The van der Waals surface area contributed by atoms with E-state index in [1.807, 2.05) is 43.3 Å². The van der Waals surface area contributed by atoms with Gasteiger partial charge in [-0.2, -0.15) is 0 Å². The predicted molar refractivity (Wildman–Crippen MR) is 101 cm³/mol. The van der Waals surface area contributed by atoms with E-state index in [1.54, 1.807) is 12.1 Å². The zero-order valence-electron chi connectivity index (χ0n) is 13.7. The van der Waals surface area contributed by atoms with Crippen LogP contribution in [-0.2, 0) is 6.42 Å². The van der Waals surface area contributed by atoms with Crippen LogP contribution in [0.25, 0.3) is 0 Å². The van der Waals surface area contributed by atoms with Crippen molar-refractivity contribution in [2.45, 2.75) is 13.3 Å². The Morgan fingerprint density at radius 3 is 2.40 bits per heavy atom. The number of benzene rings is 2. The number of carbonyl (C=O) groups excluding carboxylic acids is 1. The third-order valence-electron chi connectivity index (χ3n) is 3.66. The first kappa shape index (κ1) is 16.9. The molecule has 3 rings (SSSR count). The van der Waals surface area contributed by atoms with Crippen molar-refractivity contribution in [3.05, 3.63) is 77.1 Å². The summed E-state index contributed by atoms with van der Waals surface area (Å²) in [5.41, 5.74) is 3.10. The molecular formula is C19H17ClN4O. The van der Waals surface area contributed by atoms with Gasteiger partial charge in [0.1, 0.15) is 0 Å². The summed E-state index contributed by atoms with van der Waals surface area (Å²) >= 11 is 5.85. The summed E-state index contributed by atoms with van der Waals surface area (Å²) in [5, 5.41) is 6.61. The molecule has 0 saturated heterocycles. The summed E-state index contributed by atoms with van der Waals surface area (Å²) in [6, 6.07) is 14.9. The second-order valence-electron chi connectivity index (χ2n) is 5.39. The molecule has 0 atom stereocenters. The first-order valence-corrected chi connectivity index (χ1v) is 8.27. The summed E-state index contributed by atoms with van der Waals surface area (Å²) in [6.45, 7) is 2.05. The maximum atomic E-state index is 12.4. The number of aryl methyl sites for hydroxylation is 1. The van der Waals surface area contributed by atoms with Gasteiger partial charge in [-0.3, -0.25) is 4.79 Å². The standard InChI is InChI=1S/C19H17ClN4O/c1-2-13-5-3-4-6-17(13)24-18(25)14-11-21-19(22-12-14)23-16-9-7-15(20)8-10-16/h3-12H,2H2,1H3,(H,24,25)(H,21,22,23). The molecule has 0 bridgehead atoms. The van der Waals surface area contributed by atoms with E-state index in [0.29, 0.717) is 16.5 Å². The highest BCUT2D eigenvalue weighted by molar-refractivity contribution is 6.30. The van der Waals surface area contributed by atoms with Gasteiger partial charge in [-0.15, -0.1) is 0 Å². The number of nitrogens with one attached hydrogen (secondary N) is 2. The van der Waals surface area contributed by atoms with Crippen molar-refractivity contribution in [2.24, 2.45) is 0 Å². The van der Waals surface area contributed by atoms with Gasteiger partial charge in [0.15, 0.2) is 0 Å². The minimum absolute atomic E-state index is 0.237. The molecule has 0 fully saturated rings. The maximum absolute atomic E-state index is 12.4. The first-order chi connectivity index (χ1) is 12.2. The van der Waals surface area contributed by atoms with E-state index in [9.17, 15) is 4.79 Å². The van der Waals surface area contributed by atoms with Crippen molar-refractivity contribution in [3.63, 3.8) is 0 Å². The number of nitrogens with zero attached hydrogens (tertiary/aromatic N) is 2. The minimum Gasteiger partial charge on any atom is -0.324 e. The molecule has 0 aliphatic heterocycles. The maximum Gasteiger partial charge on any atom is 0.258 e. The van der Waals surface area contributed by atoms with E-state index in [4.69, 9.17) is 11.6 Å². The van der Waals surface area contributed by atoms with Gasteiger partial charge in [0.05, 0.1) is 5.56 Å². The average Bonchev–Trinajstić information content (AvgIpc) is 2.64. The molecule has 1 aromatic heterocycles. The van der Waals surface area contributed by atoms with Crippen molar-refractivity contribution in [1.29, 1.82) is 0 Å². The van der Waals surface area contributed by atoms with Crippen LogP contribution in [-0.4, -0.2) is 15.9 Å². The highest BCUT2D eigenvalue weighted by Crippen LogP contribution is 2.18. The second kappa shape index (κ2) is 7.77. The molecule has 0 radical (unpaired) electrons. The largest absolute Gasteiger partial charge is 0.324 e. The minimum atomic E-state index is -0.237. The number of carbonyl (C=O) groups is 1. The smallest absolute Gasteiger partial charge is 0.258 e. The Hall–Kier alpha value is -2.92. The lowest BCUT2D eigenvalue weighted by Crippen LogP contribution is -2.14. The Morgan fingerprint density at radius 1 is 1.04 bits per heavy atom. The number of para-hydroxylation sites is 1. The Morgan fingerprint density at radius 2 is 1.72 bits per heavy atom. The van der Waals surface area contributed by atoms with Crippen LogP contribution in [0.2, 0.25) is 5.02 Å². The zero-order valence-corrected chi connectivity index (χ0v) is 14.4. The number of hydrogen-bond acceptors (Lipinski definition) is 4. The molecule has 0 spiro atoms. The highest BCUT2D eigenvalue weighted by atomic mass is 35.5. The van der Waals surface area contributed by atoms with Crippen LogP contribution in [0.15, 0.2) is 60.9 Å². The van der Waals surface area contributed by atoms with Gasteiger partial charge in [-0.05, 0) is 42.3 Å². The van der Waals surface area contributed by atoms with Crippen LogP contribution in [0.1, 0.15) is 22.8 Å². The van der Waals surface area contributed by atoms with Crippen LogP contribution in [0.5, 0.6) is 0 Å². The van der Waals surface area contributed by atoms with E-state index >= 15 is 0 Å². The molecule has 6 heteroatoms. The molecule has 2 aromatic carbocycles. The molecular weight excluding hydrogens is 336 g/mol. The van der Waals surface area contributed by atoms with Crippen molar-refractivity contribution >= 4 is 34.8 Å². The number of hydrogen-bond donors (Lipinski definition) is 2. The molecule has 25 heavy (non-hydrogen) atoms. The van der Waals surface area contributed by atoms with Crippen molar-refractivity contribution < 1.29 is 4.79 Å². The fourth-order valence-electron chi connectivity index (χ4n) is 2.32. The Kier molecular flexibility index (Phi) is 5.26. The Balaban J connectivity index is 1.69. The SMILES string of the molecule is CCc1ccccc1NC(=O)c1cnc(Nc2ccc(Cl)cc2)nc1. The molecule has 126 valence electrons. The monoisotopic (exact) mass is 352 g/mol. The van der Waals surface area contributed by atoms with Crippen molar-refractivity contribution in [2.75, 3.05) is 10.6 Å². The van der Waals surface area contributed by atoms with E-state index in [2.05, 4.69) is 20.6 Å². The predicted octanol–water partition coefficient (Wildman–Crippen LogP) is 4.69. The van der Waals surface area contributed by atoms with E-state index in [0.717, 1.165) is 23.4 Å². The fourth-order valence-corrected chi connectivity index (χ4v) is 2.44. The third kappa shape index (κ3) is 4.33. The summed E-state index contributed by atoms with van der Waals surface area (Å²) < 4.78 is 0. The van der Waals surface area contributed by atoms with E-state index in [1.165, 1.54) is 12.4 Å². The van der Waals surface area contributed by atoms with Gasteiger partial charge in [0.25, 0.3) is 5.91 Å². The van der Waals surface area contributed by atoms with Gasteiger partial charge >= 0.3 is 0 Å². The van der Waals surface area contributed by atoms with E-state index in [-0.39, 0.29) is 5.91 Å². The molecule has 1 heterocycles. The number of anilines is 3. The Bertz CT molecular complexity index is 863. The lowest BCUT2D eigenvalue weighted by molar-refractivity contribution is 0.102. The molecule has 3 aromatic rings. The summed E-state index contributed by atoms with van der Waals surface area (Å²) in [5.74, 6) is 0.173. The van der Waals surface area contributed by atoms with Crippen LogP contribution in [0.3, 0.4) is 0 Å². The first-order valence-electron chi connectivity index (χ1n) is 7.89. The topological polar surface area (TPSA) is 66.9 Å². The van der Waals surface area contributed by atoms with Gasteiger partial charge in [0.2, 0.25) is 5.95 Å². The van der Waals surface area contributed by atoms with Crippen LogP contribution in [0.4, 0.5) is 17.3 Å². The molecule has 0 aliphatic rings. The summed E-state index contributed by atoms with van der Waals surface area (Å²) in [7, 11) is 0. The zero-order chi connectivity index (χ0) is 17.6. The molecule has 2 N–H and O–H groups in total. The van der Waals surface area contributed by atoms with Gasteiger partial charge in [-0.25, -0.2) is 9.97 Å².